The molecule has 20 heavy (non-hydrogen) atoms. The van der Waals surface area contributed by atoms with E-state index in [2.05, 4.69) is 5.32 Å². The molecule has 112 valence electrons. The van der Waals surface area contributed by atoms with Gasteiger partial charge in [-0.1, -0.05) is 18.2 Å². The Kier molecular flexibility index (Phi) is 7.64. The van der Waals surface area contributed by atoms with Crippen molar-refractivity contribution >= 4 is 5.91 Å². The molecule has 0 bridgehead atoms. The number of carbonyl (C=O) groups is 1. The molecule has 0 aliphatic rings. The molecule has 1 atom stereocenters. The molecule has 0 aliphatic carbocycles. The van der Waals surface area contributed by atoms with Crippen molar-refractivity contribution in [1.82, 2.24) is 5.32 Å². The van der Waals surface area contributed by atoms with Crippen LogP contribution in [0.1, 0.15) is 5.56 Å². The molecule has 1 amide bonds. The third-order valence-corrected chi connectivity index (χ3v) is 2.65. The molecule has 1 aromatic carbocycles. The van der Waals surface area contributed by atoms with Crippen LogP contribution in [-0.2, 0) is 20.8 Å². The molecule has 0 aromatic heterocycles. The van der Waals surface area contributed by atoms with Crippen molar-refractivity contribution in [2.24, 2.45) is 5.73 Å². The third-order valence-electron chi connectivity index (χ3n) is 2.65. The lowest BCUT2D eigenvalue weighted by molar-refractivity contribution is -0.123. The molecule has 0 heterocycles. The lowest BCUT2D eigenvalue weighted by atomic mass is 10.2. The van der Waals surface area contributed by atoms with E-state index < -0.39 is 6.04 Å². The first-order valence-electron chi connectivity index (χ1n) is 6.41. The van der Waals surface area contributed by atoms with Gasteiger partial charge in [-0.05, 0) is 6.07 Å². The number of ether oxygens (including phenoxy) is 3. The van der Waals surface area contributed by atoms with Crippen LogP contribution in [0.25, 0.3) is 0 Å². The molecule has 1 rings (SSSR count). The zero-order chi connectivity index (χ0) is 14.8. The molecular formula is C14H22N2O4. The minimum atomic E-state index is -0.665. The molecule has 3 N–H and O–H groups in total. The first kappa shape index (κ1) is 16.4. The minimum absolute atomic E-state index is 0.192. The highest BCUT2D eigenvalue weighted by Gasteiger charge is 2.13. The topological polar surface area (TPSA) is 82.8 Å². The Balaban J connectivity index is 2.52. The summed E-state index contributed by atoms with van der Waals surface area (Å²) in [6.07, 6.45) is 0. The number of nitrogens with one attached hydrogen (secondary N) is 1. The monoisotopic (exact) mass is 282 g/mol. The van der Waals surface area contributed by atoms with Gasteiger partial charge in [-0.2, -0.15) is 0 Å². The number of para-hydroxylation sites is 1. The summed E-state index contributed by atoms with van der Waals surface area (Å²) in [6, 6.07) is 6.85. The Hall–Kier alpha value is -1.63. The highest BCUT2D eigenvalue weighted by molar-refractivity contribution is 5.81. The maximum atomic E-state index is 11.7. The number of hydrogen-bond donors (Lipinski definition) is 2. The zero-order valence-electron chi connectivity index (χ0n) is 11.9. The summed E-state index contributed by atoms with van der Waals surface area (Å²) in [6.45, 7) is 1.53. The van der Waals surface area contributed by atoms with Crippen LogP contribution in [-0.4, -0.2) is 46.0 Å². The predicted molar refractivity (Wildman–Crippen MR) is 75.5 cm³/mol. The van der Waals surface area contributed by atoms with Gasteiger partial charge in [0.05, 0.1) is 13.2 Å². The Morgan fingerprint density at radius 1 is 1.25 bits per heavy atom. The van der Waals surface area contributed by atoms with E-state index in [4.69, 9.17) is 19.9 Å². The van der Waals surface area contributed by atoms with E-state index in [1.807, 2.05) is 24.3 Å². The van der Waals surface area contributed by atoms with Gasteiger partial charge in [0.25, 0.3) is 0 Å². The van der Waals surface area contributed by atoms with Gasteiger partial charge in [0.2, 0.25) is 5.91 Å². The van der Waals surface area contributed by atoms with Gasteiger partial charge in [-0.15, -0.1) is 0 Å². The fourth-order valence-electron chi connectivity index (χ4n) is 1.59. The lowest BCUT2D eigenvalue weighted by Gasteiger charge is -2.14. The average Bonchev–Trinajstić information content (AvgIpc) is 2.46. The van der Waals surface area contributed by atoms with E-state index in [1.165, 1.54) is 7.11 Å². The quantitative estimate of drug-likeness (QED) is 0.637. The molecule has 0 saturated heterocycles. The van der Waals surface area contributed by atoms with Crippen LogP contribution in [0.3, 0.4) is 0 Å². The lowest BCUT2D eigenvalue weighted by Crippen LogP contribution is -2.43. The molecule has 6 nitrogen and oxygen atoms in total. The predicted octanol–water partition coefficient (Wildman–Crippen LogP) is 0.302. The van der Waals surface area contributed by atoms with Crippen LogP contribution in [0.2, 0.25) is 0 Å². The van der Waals surface area contributed by atoms with Crippen LogP contribution in [0.15, 0.2) is 24.3 Å². The number of benzene rings is 1. The van der Waals surface area contributed by atoms with Crippen LogP contribution in [0.4, 0.5) is 0 Å². The van der Waals surface area contributed by atoms with E-state index in [0.29, 0.717) is 19.8 Å². The molecule has 1 aromatic rings. The van der Waals surface area contributed by atoms with Gasteiger partial charge in [0.1, 0.15) is 18.4 Å². The number of amides is 1. The Labute approximate surface area is 119 Å². The highest BCUT2D eigenvalue weighted by atomic mass is 16.5. The Bertz CT molecular complexity index is 412. The summed E-state index contributed by atoms with van der Waals surface area (Å²) in [4.78, 5) is 11.7. The maximum absolute atomic E-state index is 11.7. The smallest absolute Gasteiger partial charge is 0.239 e. The molecule has 0 radical (unpaired) electrons. The number of rotatable bonds is 9. The first-order chi connectivity index (χ1) is 9.69. The zero-order valence-corrected chi connectivity index (χ0v) is 11.9. The normalized spacial score (nSPS) is 11.9. The van der Waals surface area contributed by atoms with E-state index in [1.54, 1.807) is 7.11 Å². The molecule has 0 saturated carbocycles. The van der Waals surface area contributed by atoms with Gasteiger partial charge in [0.15, 0.2) is 0 Å². The van der Waals surface area contributed by atoms with Crippen molar-refractivity contribution in [3.8, 4) is 5.75 Å². The fourth-order valence-corrected chi connectivity index (χ4v) is 1.59. The number of nitrogens with two attached hydrogens (primary N) is 1. The summed E-state index contributed by atoms with van der Waals surface area (Å²) in [7, 11) is 3.12. The van der Waals surface area contributed by atoms with E-state index in [-0.39, 0.29) is 12.5 Å². The van der Waals surface area contributed by atoms with Crippen LogP contribution in [0, 0.1) is 0 Å². The fraction of sp³-hybridized carbons (Fsp3) is 0.500. The van der Waals surface area contributed by atoms with Crippen molar-refractivity contribution in [2.45, 2.75) is 12.6 Å². The minimum Gasteiger partial charge on any atom is -0.491 e. The number of carbonyl (C=O) groups excluding carboxylic acids is 1. The van der Waals surface area contributed by atoms with Crippen molar-refractivity contribution in [2.75, 3.05) is 34.0 Å². The van der Waals surface area contributed by atoms with Crippen LogP contribution >= 0.6 is 0 Å². The molecule has 0 spiro atoms. The molecular weight excluding hydrogens is 260 g/mol. The summed E-state index contributed by atoms with van der Waals surface area (Å²) in [5.41, 5.74) is 6.53. The highest BCUT2D eigenvalue weighted by Crippen LogP contribution is 2.17. The number of methoxy groups -OCH3 is 2. The maximum Gasteiger partial charge on any atom is 0.239 e. The van der Waals surface area contributed by atoms with Crippen molar-refractivity contribution in [3.05, 3.63) is 29.8 Å². The van der Waals surface area contributed by atoms with Gasteiger partial charge in [0, 0.05) is 26.3 Å². The second kappa shape index (κ2) is 9.30. The standard InChI is InChI=1S/C14H22N2O4/c1-18-7-8-20-13-6-4-3-5-11(13)9-16-14(17)12(15)10-19-2/h3-6,12H,7-10,15H2,1-2H3,(H,16,17). The van der Waals surface area contributed by atoms with Crippen molar-refractivity contribution < 1.29 is 19.0 Å². The van der Waals surface area contributed by atoms with Crippen LogP contribution in [0.5, 0.6) is 5.75 Å². The Morgan fingerprint density at radius 2 is 2.00 bits per heavy atom. The Morgan fingerprint density at radius 3 is 2.70 bits per heavy atom. The van der Waals surface area contributed by atoms with E-state index in [0.717, 1.165) is 11.3 Å². The summed E-state index contributed by atoms with van der Waals surface area (Å²) in [5.74, 6) is 0.476. The second-order valence-corrected chi connectivity index (χ2v) is 4.23. The first-order valence-corrected chi connectivity index (χ1v) is 6.41. The van der Waals surface area contributed by atoms with Crippen LogP contribution < -0.4 is 15.8 Å². The third kappa shape index (κ3) is 5.56. The second-order valence-electron chi connectivity index (χ2n) is 4.23. The largest absolute Gasteiger partial charge is 0.491 e. The van der Waals surface area contributed by atoms with Gasteiger partial charge < -0.3 is 25.3 Å². The van der Waals surface area contributed by atoms with Gasteiger partial charge >= 0.3 is 0 Å². The molecule has 1 unspecified atom stereocenters. The summed E-state index contributed by atoms with van der Waals surface area (Å²) < 4.78 is 15.4. The van der Waals surface area contributed by atoms with Crippen molar-refractivity contribution in [1.29, 1.82) is 0 Å². The van der Waals surface area contributed by atoms with Gasteiger partial charge in [-0.3, -0.25) is 4.79 Å². The van der Waals surface area contributed by atoms with E-state index >= 15 is 0 Å². The summed E-state index contributed by atoms with van der Waals surface area (Å²) >= 11 is 0. The average molecular weight is 282 g/mol. The molecule has 0 fully saturated rings. The van der Waals surface area contributed by atoms with E-state index in [9.17, 15) is 4.79 Å². The summed E-state index contributed by atoms with van der Waals surface area (Å²) in [5, 5.41) is 2.76. The van der Waals surface area contributed by atoms with Crippen molar-refractivity contribution in [3.63, 3.8) is 0 Å². The SMILES string of the molecule is COCCOc1ccccc1CNC(=O)C(N)COC. The number of hydrogen-bond acceptors (Lipinski definition) is 5. The van der Waals surface area contributed by atoms with Gasteiger partial charge in [-0.25, -0.2) is 0 Å². The molecule has 0 aliphatic heterocycles. The molecule has 6 heteroatoms.